The van der Waals surface area contributed by atoms with Gasteiger partial charge in [-0.05, 0) is 81.2 Å². The molecule has 0 aromatic heterocycles. The van der Waals surface area contributed by atoms with Crippen molar-refractivity contribution < 1.29 is 18.9 Å². The third-order valence-electron chi connectivity index (χ3n) is 6.06. The molecule has 2 aromatic carbocycles. The van der Waals surface area contributed by atoms with Crippen LogP contribution in [0, 0.1) is 6.92 Å². The van der Waals surface area contributed by atoms with Crippen molar-refractivity contribution in [2.75, 3.05) is 19.8 Å². The first-order chi connectivity index (χ1) is 15.8. The zero-order valence-corrected chi connectivity index (χ0v) is 20.4. The minimum Gasteiger partial charge on any atom is -0.493 e. The van der Waals surface area contributed by atoms with Crippen LogP contribution in [0.4, 0.5) is 0 Å². The monoisotopic (exact) mass is 446 g/mol. The Bertz CT molecular complexity index is 1120. The summed E-state index contributed by atoms with van der Waals surface area (Å²) in [7, 11) is 0. The van der Waals surface area contributed by atoms with E-state index < -0.39 is 0 Å². The van der Waals surface area contributed by atoms with Gasteiger partial charge in [-0.25, -0.2) is 0 Å². The van der Waals surface area contributed by atoms with Gasteiger partial charge in [0.25, 0.3) is 0 Å². The van der Waals surface area contributed by atoms with E-state index in [2.05, 4.69) is 71.5 Å². The van der Waals surface area contributed by atoms with Crippen molar-refractivity contribution in [3.05, 3.63) is 65.3 Å². The van der Waals surface area contributed by atoms with Crippen LogP contribution in [-0.2, 0) is 0 Å². The van der Waals surface area contributed by atoms with E-state index in [4.69, 9.17) is 18.9 Å². The van der Waals surface area contributed by atoms with Crippen molar-refractivity contribution in [2.24, 2.45) is 0 Å². The molecule has 0 aliphatic carbocycles. The Morgan fingerprint density at radius 1 is 1.09 bits per heavy atom. The van der Waals surface area contributed by atoms with E-state index in [0.29, 0.717) is 19.8 Å². The lowest BCUT2D eigenvalue weighted by Gasteiger charge is -2.29. The van der Waals surface area contributed by atoms with E-state index in [9.17, 15) is 0 Å². The SMILES string of the molecule is C=CCOc1cc(OCCC)c(C)cc1C1=C(C)c2ccc3c(c2OCC1)C=CC(C)(C)O3. The average Bonchev–Trinajstić information content (AvgIpc) is 2.95. The van der Waals surface area contributed by atoms with Crippen LogP contribution >= 0.6 is 0 Å². The van der Waals surface area contributed by atoms with Gasteiger partial charge in [0.2, 0.25) is 0 Å². The molecule has 0 spiro atoms. The van der Waals surface area contributed by atoms with E-state index in [0.717, 1.165) is 58.1 Å². The first-order valence-corrected chi connectivity index (χ1v) is 11.7. The highest BCUT2D eigenvalue weighted by Gasteiger charge is 2.28. The molecule has 0 atom stereocenters. The minimum atomic E-state index is -0.321. The lowest BCUT2D eigenvalue weighted by Crippen LogP contribution is -2.27. The van der Waals surface area contributed by atoms with E-state index in [1.54, 1.807) is 6.08 Å². The normalized spacial score (nSPS) is 16.2. The van der Waals surface area contributed by atoms with E-state index >= 15 is 0 Å². The Labute approximate surface area is 197 Å². The predicted molar refractivity (Wildman–Crippen MR) is 135 cm³/mol. The highest BCUT2D eigenvalue weighted by Crippen LogP contribution is 2.46. The number of allylic oxidation sites excluding steroid dienone is 1. The molecule has 4 rings (SSSR count). The molecule has 0 amide bonds. The summed E-state index contributed by atoms with van der Waals surface area (Å²) >= 11 is 0. The van der Waals surface area contributed by atoms with Crippen LogP contribution in [0.3, 0.4) is 0 Å². The third-order valence-corrected chi connectivity index (χ3v) is 6.06. The first kappa shape index (κ1) is 23.0. The summed E-state index contributed by atoms with van der Waals surface area (Å²) in [5, 5.41) is 0. The molecule has 0 fully saturated rings. The smallest absolute Gasteiger partial charge is 0.137 e. The number of fused-ring (bicyclic) bond motifs is 3. The predicted octanol–water partition coefficient (Wildman–Crippen LogP) is 7.25. The Hall–Kier alpha value is -3.14. The molecular weight excluding hydrogens is 412 g/mol. The molecule has 2 aliphatic rings. The lowest BCUT2D eigenvalue weighted by molar-refractivity contribution is 0.158. The average molecular weight is 447 g/mol. The summed E-state index contributed by atoms with van der Waals surface area (Å²) in [6, 6.07) is 8.36. The van der Waals surface area contributed by atoms with Gasteiger partial charge in [-0.2, -0.15) is 0 Å². The maximum absolute atomic E-state index is 6.31. The minimum absolute atomic E-state index is 0.321. The number of aryl methyl sites for hydroxylation is 1. The molecule has 2 aromatic rings. The summed E-state index contributed by atoms with van der Waals surface area (Å²) < 4.78 is 24.6. The van der Waals surface area contributed by atoms with Crippen molar-refractivity contribution in [2.45, 2.75) is 53.1 Å². The lowest BCUT2D eigenvalue weighted by atomic mass is 9.90. The third kappa shape index (κ3) is 4.66. The molecule has 4 nitrogen and oxygen atoms in total. The summed E-state index contributed by atoms with van der Waals surface area (Å²) in [6.45, 7) is 16.0. The molecule has 0 N–H and O–H groups in total. The molecule has 33 heavy (non-hydrogen) atoms. The van der Waals surface area contributed by atoms with Gasteiger partial charge in [-0.3, -0.25) is 0 Å². The maximum Gasteiger partial charge on any atom is 0.137 e. The highest BCUT2D eigenvalue weighted by molar-refractivity contribution is 5.95. The molecule has 2 heterocycles. The fourth-order valence-corrected chi connectivity index (χ4v) is 4.36. The Balaban J connectivity index is 1.82. The number of ether oxygens (including phenoxy) is 4. The Morgan fingerprint density at radius 3 is 2.67 bits per heavy atom. The number of rotatable bonds is 7. The first-order valence-electron chi connectivity index (χ1n) is 11.7. The summed E-state index contributed by atoms with van der Waals surface area (Å²) in [6.07, 6.45) is 7.72. The van der Waals surface area contributed by atoms with E-state index in [-0.39, 0.29) is 5.60 Å². The van der Waals surface area contributed by atoms with Crippen LogP contribution in [-0.4, -0.2) is 25.4 Å². The molecule has 0 saturated carbocycles. The zero-order valence-electron chi connectivity index (χ0n) is 20.4. The van der Waals surface area contributed by atoms with Crippen LogP contribution in [0.25, 0.3) is 17.2 Å². The summed E-state index contributed by atoms with van der Waals surface area (Å²) in [4.78, 5) is 0. The molecule has 4 heteroatoms. The van der Waals surface area contributed by atoms with Gasteiger partial charge >= 0.3 is 0 Å². The van der Waals surface area contributed by atoms with Gasteiger partial charge in [-0.1, -0.05) is 19.6 Å². The molecule has 2 aliphatic heterocycles. The fraction of sp³-hybridized carbons (Fsp3) is 0.379. The van der Waals surface area contributed by atoms with Crippen molar-refractivity contribution in [1.29, 1.82) is 0 Å². The van der Waals surface area contributed by atoms with Crippen molar-refractivity contribution >= 4 is 17.2 Å². The van der Waals surface area contributed by atoms with E-state index in [1.165, 1.54) is 11.1 Å². The van der Waals surface area contributed by atoms with Crippen LogP contribution in [0.2, 0.25) is 0 Å². The van der Waals surface area contributed by atoms with Gasteiger partial charge in [0.15, 0.2) is 0 Å². The van der Waals surface area contributed by atoms with Gasteiger partial charge in [0.1, 0.15) is 35.2 Å². The van der Waals surface area contributed by atoms with Crippen molar-refractivity contribution in [3.63, 3.8) is 0 Å². The second kappa shape index (κ2) is 9.38. The van der Waals surface area contributed by atoms with Gasteiger partial charge in [-0.15, -0.1) is 0 Å². The van der Waals surface area contributed by atoms with Gasteiger partial charge in [0.05, 0.1) is 18.8 Å². The fourth-order valence-electron chi connectivity index (χ4n) is 4.36. The molecule has 0 saturated heterocycles. The number of hydrogen-bond acceptors (Lipinski definition) is 4. The van der Waals surface area contributed by atoms with Crippen LogP contribution < -0.4 is 18.9 Å². The standard InChI is InChI=1S/C29H34O4/c1-7-14-30-26-18-27(31-15-8-2)24(17-19(26)3)21-12-16-32-28-22(20(21)4)9-10-25-23(28)11-13-29(5,6)33-25/h8-11,13,17-18H,2,7,12,14-16H2,1,3-6H3. The van der Waals surface area contributed by atoms with Gasteiger partial charge in [0, 0.05) is 23.6 Å². The van der Waals surface area contributed by atoms with Crippen LogP contribution in [0.1, 0.15) is 62.8 Å². The van der Waals surface area contributed by atoms with E-state index in [1.807, 2.05) is 6.07 Å². The molecule has 0 radical (unpaired) electrons. The Morgan fingerprint density at radius 2 is 1.91 bits per heavy atom. The summed E-state index contributed by atoms with van der Waals surface area (Å²) in [5.41, 5.74) is 6.37. The molecule has 174 valence electrons. The second-order valence-electron chi connectivity index (χ2n) is 9.16. The van der Waals surface area contributed by atoms with Crippen molar-refractivity contribution in [1.82, 2.24) is 0 Å². The largest absolute Gasteiger partial charge is 0.493 e. The number of benzene rings is 2. The second-order valence-corrected chi connectivity index (χ2v) is 9.16. The molecular formula is C29H34O4. The van der Waals surface area contributed by atoms with Crippen LogP contribution in [0.15, 0.2) is 43.0 Å². The van der Waals surface area contributed by atoms with Crippen molar-refractivity contribution in [3.8, 4) is 23.0 Å². The molecule has 0 bridgehead atoms. The zero-order chi connectivity index (χ0) is 23.6. The Kier molecular flexibility index (Phi) is 6.55. The van der Waals surface area contributed by atoms with Crippen LogP contribution in [0.5, 0.6) is 23.0 Å². The van der Waals surface area contributed by atoms with Gasteiger partial charge < -0.3 is 18.9 Å². The maximum atomic E-state index is 6.31. The topological polar surface area (TPSA) is 36.9 Å². The highest BCUT2D eigenvalue weighted by atomic mass is 16.5. The molecule has 0 unspecified atom stereocenters. The summed E-state index contributed by atoms with van der Waals surface area (Å²) in [5.74, 6) is 3.43. The number of hydrogen-bond donors (Lipinski definition) is 0. The quantitative estimate of drug-likeness (QED) is 0.420.